The molecule has 0 N–H and O–H groups in total. The van der Waals surface area contributed by atoms with Crippen LogP contribution in [0.2, 0.25) is 0 Å². The van der Waals surface area contributed by atoms with Crippen molar-refractivity contribution in [2.24, 2.45) is 7.05 Å². The fraction of sp³-hybridized carbons (Fsp3) is 0.294. The van der Waals surface area contributed by atoms with Crippen LogP contribution in [0.1, 0.15) is 28.7 Å². The molecule has 0 aliphatic carbocycles. The summed E-state index contributed by atoms with van der Waals surface area (Å²) >= 11 is 0. The molecule has 0 saturated carbocycles. The van der Waals surface area contributed by atoms with E-state index in [9.17, 15) is 4.79 Å². The normalized spacial score (nSPS) is 10.8. The third-order valence-electron chi connectivity index (χ3n) is 3.95. The lowest BCUT2D eigenvalue weighted by Crippen LogP contribution is -2.14. The molecule has 24 heavy (non-hydrogen) atoms. The summed E-state index contributed by atoms with van der Waals surface area (Å²) in [5.41, 5.74) is 4.18. The van der Waals surface area contributed by atoms with Gasteiger partial charge in [0.1, 0.15) is 5.69 Å². The van der Waals surface area contributed by atoms with Gasteiger partial charge in [-0.2, -0.15) is 5.10 Å². The van der Waals surface area contributed by atoms with Crippen LogP contribution in [0.4, 0.5) is 0 Å². The number of carbonyl (C=O) groups excluding carboxylic acids is 1. The molecule has 124 valence electrons. The maximum atomic E-state index is 12.1. The summed E-state index contributed by atoms with van der Waals surface area (Å²) in [6, 6.07) is 9.90. The molecule has 0 atom stereocenters. The molecule has 2 aromatic heterocycles. The molecule has 0 spiro atoms. The second-order valence-corrected chi connectivity index (χ2v) is 5.46. The quantitative estimate of drug-likeness (QED) is 0.671. The molecule has 0 saturated heterocycles. The number of hydrogen-bond acceptors (Lipinski definition) is 5. The number of methoxy groups -OCH3 is 1. The SMILES string of the molecule is CCc1ccc(-c2cc(C(=O)OC)n(Cc3cnnn3C)n2)cc1. The lowest BCUT2D eigenvalue weighted by molar-refractivity contribution is 0.0587. The van der Waals surface area contributed by atoms with Crippen LogP contribution >= 0.6 is 0 Å². The first-order chi connectivity index (χ1) is 11.6. The van der Waals surface area contributed by atoms with Crippen molar-refractivity contribution < 1.29 is 9.53 Å². The second-order valence-electron chi connectivity index (χ2n) is 5.46. The smallest absolute Gasteiger partial charge is 0.356 e. The minimum absolute atomic E-state index is 0.390. The highest BCUT2D eigenvalue weighted by atomic mass is 16.5. The van der Waals surface area contributed by atoms with Gasteiger partial charge in [0.05, 0.1) is 31.2 Å². The van der Waals surface area contributed by atoms with Crippen molar-refractivity contribution in [3.63, 3.8) is 0 Å². The Labute approximate surface area is 139 Å². The Morgan fingerprint density at radius 2 is 2.00 bits per heavy atom. The van der Waals surface area contributed by atoms with Gasteiger partial charge in [-0.3, -0.25) is 9.36 Å². The van der Waals surface area contributed by atoms with Crippen LogP contribution in [0.5, 0.6) is 0 Å². The van der Waals surface area contributed by atoms with E-state index in [0.29, 0.717) is 12.2 Å². The molecular weight excluding hydrogens is 306 g/mol. The van der Waals surface area contributed by atoms with Crippen molar-refractivity contribution in [3.8, 4) is 11.3 Å². The van der Waals surface area contributed by atoms with Gasteiger partial charge in [0.15, 0.2) is 0 Å². The topological polar surface area (TPSA) is 74.8 Å². The molecule has 0 fully saturated rings. The standard InChI is InChI=1S/C17H19N5O2/c1-4-12-5-7-13(8-6-12)15-9-16(17(23)24-3)22(19-15)11-14-10-18-20-21(14)2/h5-10H,4,11H2,1-3H3. The largest absolute Gasteiger partial charge is 0.464 e. The highest BCUT2D eigenvalue weighted by Gasteiger charge is 2.18. The maximum absolute atomic E-state index is 12.1. The van der Waals surface area contributed by atoms with Gasteiger partial charge in [-0.25, -0.2) is 4.79 Å². The number of aromatic nitrogens is 5. The zero-order valence-corrected chi connectivity index (χ0v) is 13.9. The number of carbonyl (C=O) groups is 1. The Morgan fingerprint density at radius 3 is 2.58 bits per heavy atom. The van der Waals surface area contributed by atoms with Crippen molar-refractivity contribution in [1.82, 2.24) is 24.8 Å². The Hall–Kier alpha value is -2.96. The van der Waals surface area contributed by atoms with Gasteiger partial charge in [0, 0.05) is 12.6 Å². The minimum atomic E-state index is -0.422. The van der Waals surface area contributed by atoms with Crippen LogP contribution in [-0.2, 0) is 24.8 Å². The fourth-order valence-electron chi connectivity index (χ4n) is 2.47. The van der Waals surface area contributed by atoms with Gasteiger partial charge in [-0.1, -0.05) is 36.4 Å². The summed E-state index contributed by atoms with van der Waals surface area (Å²) in [5.74, 6) is -0.422. The Kier molecular flexibility index (Phi) is 4.41. The lowest BCUT2D eigenvalue weighted by atomic mass is 10.1. The van der Waals surface area contributed by atoms with Crippen molar-refractivity contribution >= 4 is 5.97 Å². The third-order valence-corrected chi connectivity index (χ3v) is 3.95. The summed E-state index contributed by atoms with van der Waals surface area (Å²) in [5, 5.41) is 12.3. The van der Waals surface area contributed by atoms with E-state index in [4.69, 9.17) is 4.74 Å². The maximum Gasteiger partial charge on any atom is 0.356 e. The number of aryl methyl sites for hydroxylation is 2. The molecule has 7 heteroatoms. The van der Waals surface area contributed by atoms with Crippen LogP contribution in [0.25, 0.3) is 11.3 Å². The van der Waals surface area contributed by atoms with Crippen molar-refractivity contribution in [2.45, 2.75) is 19.9 Å². The van der Waals surface area contributed by atoms with Crippen LogP contribution in [0.3, 0.4) is 0 Å². The number of ether oxygens (including phenoxy) is 1. The number of hydrogen-bond donors (Lipinski definition) is 0. The first-order valence-corrected chi connectivity index (χ1v) is 7.71. The summed E-state index contributed by atoms with van der Waals surface area (Å²) in [6.45, 7) is 2.50. The molecule has 0 bridgehead atoms. The fourth-order valence-corrected chi connectivity index (χ4v) is 2.47. The first-order valence-electron chi connectivity index (χ1n) is 7.71. The van der Waals surface area contributed by atoms with E-state index in [1.807, 2.05) is 12.1 Å². The average molecular weight is 325 g/mol. The van der Waals surface area contributed by atoms with Crippen LogP contribution in [0, 0.1) is 0 Å². The first kappa shape index (κ1) is 15.9. The van der Waals surface area contributed by atoms with Crippen molar-refractivity contribution in [2.75, 3.05) is 7.11 Å². The monoisotopic (exact) mass is 325 g/mol. The molecule has 0 radical (unpaired) electrons. The Bertz CT molecular complexity index is 848. The second kappa shape index (κ2) is 6.66. The molecule has 0 amide bonds. The highest BCUT2D eigenvalue weighted by molar-refractivity contribution is 5.89. The van der Waals surface area contributed by atoms with Crippen LogP contribution in [0.15, 0.2) is 36.5 Å². The molecule has 0 unspecified atom stereocenters. The van der Waals surface area contributed by atoms with Gasteiger partial charge >= 0.3 is 5.97 Å². The zero-order valence-electron chi connectivity index (χ0n) is 13.9. The molecule has 3 aromatic rings. The lowest BCUT2D eigenvalue weighted by Gasteiger charge is -2.05. The van der Waals surface area contributed by atoms with Crippen molar-refractivity contribution in [1.29, 1.82) is 0 Å². The highest BCUT2D eigenvalue weighted by Crippen LogP contribution is 2.21. The zero-order chi connectivity index (χ0) is 17.1. The number of benzene rings is 1. The van der Waals surface area contributed by atoms with Gasteiger partial charge in [-0.05, 0) is 18.1 Å². The van der Waals surface area contributed by atoms with E-state index in [1.54, 1.807) is 28.7 Å². The van der Waals surface area contributed by atoms with E-state index in [1.165, 1.54) is 12.7 Å². The Morgan fingerprint density at radius 1 is 1.25 bits per heavy atom. The summed E-state index contributed by atoms with van der Waals surface area (Å²) in [7, 11) is 3.16. The van der Waals surface area contributed by atoms with E-state index in [-0.39, 0.29) is 0 Å². The summed E-state index contributed by atoms with van der Waals surface area (Å²) < 4.78 is 8.14. The molecular formula is C17H19N5O2. The van der Waals surface area contributed by atoms with E-state index >= 15 is 0 Å². The predicted molar refractivity (Wildman–Crippen MR) is 88.5 cm³/mol. The van der Waals surface area contributed by atoms with E-state index < -0.39 is 5.97 Å². The molecule has 0 aliphatic rings. The molecule has 7 nitrogen and oxygen atoms in total. The molecule has 3 rings (SSSR count). The predicted octanol–water partition coefficient (Wildman–Crippen LogP) is 2.08. The van der Waals surface area contributed by atoms with Gasteiger partial charge in [0.2, 0.25) is 0 Å². The number of nitrogens with zero attached hydrogens (tertiary/aromatic N) is 5. The van der Waals surface area contributed by atoms with E-state index in [2.05, 4.69) is 34.5 Å². The van der Waals surface area contributed by atoms with Crippen LogP contribution in [-0.4, -0.2) is 37.9 Å². The summed E-state index contributed by atoms with van der Waals surface area (Å²) in [6.07, 6.45) is 2.63. The van der Waals surface area contributed by atoms with Crippen molar-refractivity contribution in [3.05, 3.63) is 53.5 Å². The molecule has 0 aliphatic heterocycles. The van der Waals surface area contributed by atoms with Gasteiger partial charge < -0.3 is 4.74 Å². The number of esters is 1. The average Bonchev–Trinajstić information content (AvgIpc) is 3.21. The number of rotatable bonds is 5. The molecule has 2 heterocycles. The third kappa shape index (κ3) is 3.05. The summed E-state index contributed by atoms with van der Waals surface area (Å²) in [4.78, 5) is 12.1. The van der Waals surface area contributed by atoms with Gasteiger partial charge in [0.25, 0.3) is 0 Å². The molecule has 1 aromatic carbocycles. The van der Waals surface area contributed by atoms with E-state index in [0.717, 1.165) is 23.4 Å². The minimum Gasteiger partial charge on any atom is -0.464 e. The Balaban J connectivity index is 1.99. The van der Waals surface area contributed by atoms with Gasteiger partial charge in [-0.15, -0.1) is 5.10 Å². The van der Waals surface area contributed by atoms with Crippen LogP contribution < -0.4 is 0 Å².